The Morgan fingerprint density at radius 1 is 1.17 bits per heavy atom. The smallest absolute Gasteiger partial charge is 0.362 e. The van der Waals surface area contributed by atoms with Crippen molar-refractivity contribution in [1.82, 2.24) is 0 Å². The predicted octanol–water partition coefficient (Wildman–Crippen LogP) is 6.26. The molecule has 0 spiro atoms. The van der Waals surface area contributed by atoms with Crippen molar-refractivity contribution < 1.29 is 32.0 Å². The quantitative estimate of drug-likeness (QED) is 0.292. The van der Waals surface area contributed by atoms with E-state index in [0.717, 1.165) is 45.4 Å². The van der Waals surface area contributed by atoms with Gasteiger partial charge in [0.2, 0.25) is 0 Å². The fourth-order valence-corrected chi connectivity index (χ4v) is 10.0. The maximum absolute atomic E-state index is 12.3. The summed E-state index contributed by atoms with van der Waals surface area (Å²) in [6.07, 6.45) is 6.73. The topological polar surface area (TPSA) is 89.9 Å². The zero-order valence-electron chi connectivity index (χ0n) is 25.7. The Bertz CT molecular complexity index is 1040. The summed E-state index contributed by atoms with van der Waals surface area (Å²) in [5.74, 6) is 0.526. The number of Topliss-reactive ketones (excluding diaryl/α,β-unsaturated/α-hetero) is 1. The van der Waals surface area contributed by atoms with Gasteiger partial charge in [0.25, 0.3) is 0 Å². The molecule has 35 heavy (non-hydrogen) atoms. The number of carbonyl (C=O) groups excluding carboxylic acids is 1. The lowest BCUT2D eigenvalue weighted by Gasteiger charge is -2.62. The van der Waals surface area contributed by atoms with Crippen LogP contribution in [-0.2, 0) is 23.9 Å². The molecule has 0 aromatic carbocycles. The molecule has 4 aliphatic rings. The van der Waals surface area contributed by atoms with E-state index in [1.165, 1.54) is 0 Å². The molecule has 4 aliphatic carbocycles. The van der Waals surface area contributed by atoms with E-state index in [1.54, 1.807) is 0 Å². The maximum Gasteiger partial charge on any atom is 0.397 e. The predicted molar refractivity (Wildman–Crippen MR) is 140 cm³/mol. The Kier molecular flexibility index (Phi) is 6.69. The molecule has 6 nitrogen and oxygen atoms in total. The summed E-state index contributed by atoms with van der Waals surface area (Å²) in [6, 6.07) is 0. The second-order valence-corrected chi connectivity index (χ2v) is 13.9. The maximum atomic E-state index is 12.3. The molecule has 0 saturated heterocycles. The number of hydrogen-bond donors (Lipinski definition) is 1. The van der Waals surface area contributed by atoms with E-state index in [4.69, 9.17) is 14.2 Å². The van der Waals surface area contributed by atoms with Gasteiger partial charge in [-0.2, -0.15) is 8.42 Å². The first-order valence-corrected chi connectivity index (χ1v) is 15.2. The number of ketones is 1. The first-order valence-electron chi connectivity index (χ1n) is 15.4. The molecule has 202 valence electrons. The third-order valence-corrected chi connectivity index (χ3v) is 11.8. The van der Waals surface area contributed by atoms with Crippen molar-refractivity contribution in [2.75, 3.05) is 0 Å². The molecule has 0 radical (unpaired) electrons. The van der Waals surface area contributed by atoms with Crippen LogP contribution in [0.15, 0.2) is 0 Å². The number of hydrogen-bond acceptors (Lipinski definition) is 5. The van der Waals surface area contributed by atoms with E-state index in [-0.39, 0.29) is 29.3 Å². The summed E-state index contributed by atoms with van der Waals surface area (Å²) >= 11 is 0. The van der Waals surface area contributed by atoms with Crippen LogP contribution in [0.2, 0.25) is 0 Å². The van der Waals surface area contributed by atoms with E-state index in [0.29, 0.717) is 54.6 Å². The van der Waals surface area contributed by atoms with Crippen molar-refractivity contribution in [2.24, 2.45) is 52.2 Å². The van der Waals surface area contributed by atoms with Gasteiger partial charge in [0.1, 0.15) is 5.78 Å². The minimum atomic E-state index is -4.91. The van der Waals surface area contributed by atoms with Gasteiger partial charge in [-0.15, -0.1) is 0 Å². The molecule has 4 rings (SSSR count). The van der Waals surface area contributed by atoms with Crippen LogP contribution in [0.5, 0.6) is 0 Å². The second kappa shape index (κ2) is 10.2. The number of fused-ring (bicyclic) bond motifs is 5. The summed E-state index contributed by atoms with van der Waals surface area (Å²) in [4.78, 5) is 12.3. The molecule has 0 heterocycles. The SMILES string of the molecule is [2H]C([2H])([2H])C([2H])(C)C(CC[C@@H](C)[C@H]1CCC2C3C(CC[C@@]21C)[C@@]1(C)CCC(=O)C[C@@H]1C[C@H]3OP)OS(=O)(=O)O. The molecule has 0 aliphatic heterocycles. The van der Waals surface area contributed by atoms with Crippen LogP contribution in [0.25, 0.3) is 0 Å². The van der Waals surface area contributed by atoms with Crippen molar-refractivity contribution in [3.63, 3.8) is 0 Å². The van der Waals surface area contributed by atoms with Crippen LogP contribution in [0.4, 0.5) is 0 Å². The summed E-state index contributed by atoms with van der Waals surface area (Å²) in [5, 5.41) is 0. The van der Waals surface area contributed by atoms with Gasteiger partial charge in [-0.05, 0) is 104 Å². The minimum absolute atomic E-state index is 0.0494. The lowest BCUT2D eigenvalue weighted by atomic mass is 9.44. The van der Waals surface area contributed by atoms with Crippen molar-refractivity contribution in [3.8, 4) is 0 Å². The highest BCUT2D eigenvalue weighted by Gasteiger charge is 2.63. The highest BCUT2D eigenvalue weighted by molar-refractivity contribution is 7.80. The molecule has 6 unspecified atom stereocenters. The lowest BCUT2D eigenvalue weighted by Crippen LogP contribution is -2.58. The van der Waals surface area contributed by atoms with Gasteiger partial charge < -0.3 is 4.52 Å². The van der Waals surface area contributed by atoms with Crippen molar-refractivity contribution >= 4 is 25.6 Å². The molecule has 0 amide bonds. The molecule has 1 N–H and O–H groups in total. The third-order valence-electron chi connectivity index (χ3n) is 11.0. The first-order chi connectivity index (χ1) is 17.8. The van der Waals surface area contributed by atoms with Gasteiger partial charge in [0.15, 0.2) is 0 Å². The molecule has 0 bridgehead atoms. The third kappa shape index (κ3) is 5.28. The second-order valence-electron chi connectivity index (χ2n) is 12.6. The highest BCUT2D eigenvalue weighted by atomic mass is 32.3. The lowest BCUT2D eigenvalue weighted by molar-refractivity contribution is -0.161. The fourth-order valence-electron chi connectivity index (χ4n) is 9.20. The summed E-state index contributed by atoms with van der Waals surface area (Å²) in [7, 11) is -2.42. The van der Waals surface area contributed by atoms with Gasteiger partial charge >= 0.3 is 10.4 Å². The molecule has 12 atom stereocenters. The van der Waals surface area contributed by atoms with Crippen LogP contribution in [0.1, 0.15) is 104 Å². The Morgan fingerprint density at radius 2 is 1.89 bits per heavy atom. The van der Waals surface area contributed by atoms with E-state index in [9.17, 15) is 17.8 Å². The van der Waals surface area contributed by atoms with Gasteiger partial charge in [-0.25, -0.2) is 4.18 Å². The van der Waals surface area contributed by atoms with Crippen molar-refractivity contribution in [3.05, 3.63) is 0 Å². The van der Waals surface area contributed by atoms with Gasteiger partial charge in [-0.3, -0.25) is 9.35 Å². The zero-order chi connectivity index (χ0) is 29.2. The van der Waals surface area contributed by atoms with E-state index in [2.05, 4.69) is 30.2 Å². The normalized spacial score (nSPS) is 47.1. The molecular weight excluding hydrogens is 483 g/mol. The van der Waals surface area contributed by atoms with E-state index >= 15 is 0 Å². The Balaban J connectivity index is 1.52. The summed E-state index contributed by atoms with van der Waals surface area (Å²) < 4.78 is 74.9. The monoisotopic (exact) mass is 534 g/mol. The number of carbonyl (C=O) groups is 1. The van der Waals surface area contributed by atoms with Crippen molar-refractivity contribution in [1.29, 1.82) is 0 Å². The molecule has 4 fully saturated rings. The van der Waals surface area contributed by atoms with Gasteiger partial charge in [-0.1, -0.05) is 34.5 Å². The zero-order valence-corrected chi connectivity index (χ0v) is 23.6. The largest absolute Gasteiger partial charge is 0.397 e. The van der Waals surface area contributed by atoms with Crippen LogP contribution < -0.4 is 0 Å². The first kappa shape index (κ1) is 22.9. The molecule has 0 aromatic rings. The van der Waals surface area contributed by atoms with Gasteiger partial charge in [0.05, 0.1) is 12.2 Å². The standard InChI is InChI=1S/C27H47O6PS/c1-16(2)23(33-35(29,30)31)9-6-17(3)20-7-8-21-25-22(11-13-27(20,21)5)26(4)12-10-19(28)14-18(26)15-24(25)32-34/h16-18,20-25H,6-15,34H2,1-5H3,(H,29,30,31)/t17-,18-,20-,21?,22?,23?,24-,25?,26+,27-/m1/s1/i1D3,16D/t16?,17-,18-,20-,21?,22?,23?,24-,25?,26+,27-. The summed E-state index contributed by atoms with van der Waals surface area (Å²) in [6.45, 7) is 5.31. The highest BCUT2D eigenvalue weighted by Crippen LogP contribution is 2.68. The van der Waals surface area contributed by atoms with Crippen LogP contribution in [0, 0.1) is 52.2 Å². The van der Waals surface area contributed by atoms with E-state index < -0.39 is 29.2 Å². The van der Waals surface area contributed by atoms with Crippen LogP contribution >= 0.6 is 9.47 Å². The fraction of sp³-hybridized carbons (Fsp3) is 0.963. The Morgan fingerprint density at radius 3 is 2.54 bits per heavy atom. The van der Waals surface area contributed by atoms with Gasteiger partial charge in [0, 0.05) is 27.8 Å². The summed E-state index contributed by atoms with van der Waals surface area (Å²) in [5.41, 5.74) is 0.237. The molecule has 8 heteroatoms. The number of rotatable bonds is 8. The van der Waals surface area contributed by atoms with Crippen LogP contribution in [-0.4, -0.2) is 31.0 Å². The van der Waals surface area contributed by atoms with Crippen LogP contribution in [0.3, 0.4) is 0 Å². The van der Waals surface area contributed by atoms with Crippen molar-refractivity contribution in [2.45, 2.75) is 111 Å². The van der Waals surface area contributed by atoms with E-state index in [1.807, 2.05) is 0 Å². The molecule has 4 saturated carbocycles. The molecule has 0 aromatic heterocycles. The minimum Gasteiger partial charge on any atom is -0.362 e. The average Bonchev–Trinajstić information content (AvgIpc) is 3.17. The Hall–Kier alpha value is -0.0700. The Labute approximate surface area is 220 Å². The average molecular weight is 535 g/mol. The molecular formula is C27H47O6PS.